The fourth-order valence-corrected chi connectivity index (χ4v) is 3.31. The molecular weight excluding hydrogens is 348 g/mol. The summed E-state index contributed by atoms with van der Waals surface area (Å²) in [5.74, 6) is -0.230. The van der Waals surface area contributed by atoms with Gasteiger partial charge in [0.1, 0.15) is 0 Å². The first-order chi connectivity index (χ1) is 10.1. The van der Waals surface area contributed by atoms with Crippen molar-refractivity contribution in [3.63, 3.8) is 0 Å². The second kappa shape index (κ2) is 8.25. The Morgan fingerprint density at radius 3 is 2.38 bits per heavy atom. The molecular formula is C17H17BrO2S. The van der Waals surface area contributed by atoms with Crippen molar-refractivity contribution in [1.82, 2.24) is 0 Å². The molecule has 1 N–H and O–H groups in total. The van der Waals surface area contributed by atoms with Gasteiger partial charge in [0.05, 0.1) is 5.92 Å². The third-order valence-corrected chi connectivity index (χ3v) is 4.80. The van der Waals surface area contributed by atoms with Gasteiger partial charge < -0.3 is 5.11 Å². The highest BCUT2D eigenvalue weighted by molar-refractivity contribution is 9.10. The summed E-state index contributed by atoms with van der Waals surface area (Å²) < 4.78 is 1.01. The number of hydrogen-bond donors (Lipinski definition) is 1. The summed E-state index contributed by atoms with van der Waals surface area (Å²) in [7, 11) is 0. The largest absolute Gasteiger partial charge is 0.481 e. The van der Waals surface area contributed by atoms with Gasteiger partial charge in [-0.1, -0.05) is 46.3 Å². The summed E-state index contributed by atoms with van der Waals surface area (Å²) >= 11 is 5.10. The monoisotopic (exact) mass is 364 g/mol. The van der Waals surface area contributed by atoms with Crippen LogP contribution in [0, 0.1) is 5.92 Å². The number of benzene rings is 2. The second-order valence-electron chi connectivity index (χ2n) is 4.82. The summed E-state index contributed by atoms with van der Waals surface area (Å²) in [4.78, 5) is 12.6. The zero-order valence-electron chi connectivity index (χ0n) is 11.5. The fourth-order valence-electron chi connectivity index (χ4n) is 2.05. The molecule has 0 aliphatic carbocycles. The maximum atomic E-state index is 11.4. The van der Waals surface area contributed by atoms with Crippen molar-refractivity contribution in [1.29, 1.82) is 0 Å². The lowest BCUT2D eigenvalue weighted by atomic mass is 9.97. The Bertz CT molecular complexity index is 569. The third-order valence-electron chi connectivity index (χ3n) is 3.22. The maximum absolute atomic E-state index is 11.4. The molecule has 0 amide bonds. The summed E-state index contributed by atoms with van der Waals surface area (Å²) in [5, 5.41) is 9.37. The first-order valence-electron chi connectivity index (χ1n) is 6.80. The summed E-state index contributed by atoms with van der Waals surface area (Å²) in [6, 6.07) is 17.9. The van der Waals surface area contributed by atoms with E-state index in [-0.39, 0.29) is 5.92 Å². The van der Waals surface area contributed by atoms with E-state index in [0.717, 1.165) is 15.8 Å². The highest BCUT2D eigenvalue weighted by Crippen LogP contribution is 2.22. The number of halogens is 1. The number of carbonyl (C=O) groups is 1. The minimum atomic E-state index is -0.716. The van der Waals surface area contributed by atoms with Gasteiger partial charge in [-0.2, -0.15) is 0 Å². The Hall–Kier alpha value is -1.26. The van der Waals surface area contributed by atoms with Gasteiger partial charge in [0, 0.05) is 9.37 Å². The first-order valence-corrected chi connectivity index (χ1v) is 8.58. The van der Waals surface area contributed by atoms with Gasteiger partial charge in [-0.3, -0.25) is 4.79 Å². The normalized spacial score (nSPS) is 12.0. The Morgan fingerprint density at radius 2 is 1.76 bits per heavy atom. The van der Waals surface area contributed by atoms with E-state index in [1.807, 2.05) is 42.5 Å². The zero-order chi connectivity index (χ0) is 15.1. The standard InChI is InChI=1S/C17H17BrO2S/c18-15-8-6-13(7-9-15)12-14(17(19)20)10-11-21-16-4-2-1-3-5-16/h1-9,14H,10-12H2,(H,19,20). The Morgan fingerprint density at radius 1 is 1.10 bits per heavy atom. The van der Waals surface area contributed by atoms with E-state index in [0.29, 0.717) is 12.8 Å². The molecule has 0 aliphatic rings. The van der Waals surface area contributed by atoms with Crippen LogP contribution in [0.3, 0.4) is 0 Å². The quantitative estimate of drug-likeness (QED) is 0.711. The van der Waals surface area contributed by atoms with Gasteiger partial charge in [-0.15, -0.1) is 11.8 Å². The molecule has 2 nitrogen and oxygen atoms in total. The molecule has 0 spiro atoms. The summed E-state index contributed by atoms with van der Waals surface area (Å²) in [5.41, 5.74) is 1.07. The van der Waals surface area contributed by atoms with Gasteiger partial charge in [0.15, 0.2) is 0 Å². The molecule has 0 saturated heterocycles. The molecule has 0 fully saturated rings. The molecule has 21 heavy (non-hydrogen) atoms. The van der Waals surface area contributed by atoms with Gasteiger partial charge in [-0.05, 0) is 48.4 Å². The van der Waals surface area contributed by atoms with Gasteiger partial charge in [0.25, 0.3) is 0 Å². The number of thioether (sulfide) groups is 1. The molecule has 1 atom stereocenters. The first kappa shape index (κ1) is 16.1. The SMILES string of the molecule is O=C(O)C(CCSc1ccccc1)Cc1ccc(Br)cc1. The van der Waals surface area contributed by atoms with Crippen LogP contribution in [0.2, 0.25) is 0 Å². The highest BCUT2D eigenvalue weighted by Gasteiger charge is 2.17. The lowest BCUT2D eigenvalue weighted by Crippen LogP contribution is -2.17. The molecule has 110 valence electrons. The van der Waals surface area contributed by atoms with Gasteiger partial charge in [0.2, 0.25) is 0 Å². The molecule has 2 aromatic rings. The molecule has 2 rings (SSSR count). The Labute approximate surface area is 137 Å². The van der Waals surface area contributed by atoms with Crippen molar-refractivity contribution in [3.05, 3.63) is 64.6 Å². The van der Waals surface area contributed by atoms with Crippen LogP contribution in [0.5, 0.6) is 0 Å². The topological polar surface area (TPSA) is 37.3 Å². The Kier molecular flexibility index (Phi) is 6.33. The van der Waals surface area contributed by atoms with Gasteiger partial charge >= 0.3 is 5.97 Å². The van der Waals surface area contributed by atoms with Crippen LogP contribution < -0.4 is 0 Å². The van der Waals surface area contributed by atoms with Crippen LogP contribution in [0.15, 0.2) is 64.0 Å². The summed E-state index contributed by atoms with van der Waals surface area (Å²) in [6.45, 7) is 0. The minimum Gasteiger partial charge on any atom is -0.481 e. The predicted molar refractivity (Wildman–Crippen MR) is 90.8 cm³/mol. The van der Waals surface area contributed by atoms with Crippen molar-refractivity contribution in [2.75, 3.05) is 5.75 Å². The summed E-state index contributed by atoms with van der Waals surface area (Å²) in [6.07, 6.45) is 1.25. The van der Waals surface area contributed by atoms with E-state index in [9.17, 15) is 9.90 Å². The maximum Gasteiger partial charge on any atom is 0.306 e. The smallest absolute Gasteiger partial charge is 0.306 e. The van der Waals surface area contributed by atoms with Crippen LogP contribution in [0.1, 0.15) is 12.0 Å². The van der Waals surface area contributed by atoms with Crippen molar-refractivity contribution in [3.8, 4) is 0 Å². The molecule has 0 radical (unpaired) electrons. The van der Waals surface area contributed by atoms with Crippen molar-refractivity contribution < 1.29 is 9.90 Å². The number of rotatable bonds is 7. The average molecular weight is 365 g/mol. The van der Waals surface area contributed by atoms with Crippen molar-refractivity contribution in [2.45, 2.75) is 17.7 Å². The molecule has 0 heterocycles. The number of carboxylic acid groups (broad SMARTS) is 1. The lowest BCUT2D eigenvalue weighted by molar-refractivity contribution is -0.141. The molecule has 0 saturated carbocycles. The average Bonchev–Trinajstić information content (AvgIpc) is 2.49. The zero-order valence-corrected chi connectivity index (χ0v) is 13.9. The molecule has 1 unspecified atom stereocenters. The van der Waals surface area contributed by atoms with Crippen LogP contribution in [-0.4, -0.2) is 16.8 Å². The van der Waals surface area contributed by atoms with E-state index in [4.69, 9.17) is 0 Å². The predicted octanol–water partition coefficient (Wildman–Crippen LogP) is 4.87. The molecule has 4 heteroatoms. The van der Waals surface area contributed by atoms with Crippen LogP contribution in [0.4, 0.5) is 0 Å². The van der Waals surface area contributed by atoms with Crippen LogP contribution in [0.25, 0.3) is 0 Å². The van der Waals surface area contributed by atoms with Crippen LogP contribution in [-0.2, 0) is 11.2 Å². The number of hydrogen-bond acceptors (Lipinski definition) is 2. The molecule has 0 aliphatic heterocycles. The number of carboxylic acids is 1. The third kappa shape index (κ3) is 5.56. The molecule has 0 aromatic heterocycles. The minimum absolute atomic E-state index is 0.331. The second-order valence-corrected chi connectivity index (χ2v) is 6.90. The van der Waals surface area contributed by atoms with E-state index in [1.54, 1.807) is 11.8 Å². The Balaban J connectivity index is 1.87. The molecule has 2 aromatic carbocycles. The van der Waals surface area contributed by atoms with E-state index in [2.05, 4.69) is 28.1 Å². The fraction of sp³-hybridized carbons (Fsp3) is 0.235. The number of aliphatic carboxylic acids is 1. The van der Waals surface area contributed by atoms with E-state index in [1.165, 1.54) is 4.90 Å². The van der Waals surface area contributed by atoms with Crippen molar-refractivity contribution in [2.24, 2.45) is 5.92 Å². The lowest BCUT2D eigenvalue weighted by Gasteiger charge is -2.12. The van der Waals surface area contributed by atoms with E-state index >= 15 is 0 Å². The van der Waals surface area contributed by atoms with Crippen LogP contribution >= 0.6 is 27.7 Å². The molecule has 0 bridgehead atoms. The van der Waals surface area contributed by atoms with Crippen molar-refractivity contribution >= 4 is 33.7 Å². The highest BCUT2D eigenvalue weighted by atomic mass is 79.9. The van der Waals surface area contributed by atoms with Gasteiger partial charge in [-0.25, -0.2) is 0 Å². The van der Waals surface area contributed by atoms with E-state index < -0.39 is 5.97 Å².